The first-order valence-electron chi connectivity index (χ1n) is 5.10. The summed E-state index contributed by atoms with van der Waals surface area (Å²) in [6, 6.07) is 0. The fraction of sp³-hybridized carbons (Fsp3) is 0.400. The van der Waals surface area contributed by atoms with Crippen molar-refractivity contribution < 1.29 is 14.7 Å². The maximum Gasteiger partial charge on any atom is 0.325 e. The van der Waals surface area contributed by atoms with Gasteiger partial charge in [0.05, 0.1) is 6.20 Å². The van der Waals surface area contributed by atoms with Crippen LogP contribution in [0.5, 0.6) is 0 Å². The van der Waals surface area contributed by atoms with Crippen LogP contribution in [0.3, 0.4) is 0 Å². The summed E-state index contributed by atoms with van der Waals surface area (Å²) < 4.78 is 1.11. The van der Waals surface area contributed by atoms with Crippen molar-refractivity contribution in [1.29, 1.82) is 0 Å². The van der Waals surface area contributed by atoms with Gasteiger partial charge in [0.1, 0.15) is 6.54 Å². The van der Waals surface area contributed by atoms with Crippen molar-refractivity contribution in [3.8, 4) is 0 Å². The number of carbonyl (C=O) groups is 2. The second kappa shape index (κ2) is 5.78. The molecule has 0 bridgehead atoms. The third kappa shape index (κ3) is 3.40. The molecule has 0 aromatic carbocycles. The van der Waals surface area contributed by atoms with E-state index >= 15 is 0 Å². The second-order valence-electron chi connectivity index (χ2n) is 3.33. The number of aliphatic carboxylic acids is 1. The van der Waals surface area contributed by atoms with E-state index in [9.17, 15) is 9.59 Å². The first-order valence-corrected chi connectivity index (χ1v) is 5.10. The number of carboxylic acids is 1. The Morgan fingerprint density at radius 1 is 1.65 bits per heavy atom. The van der Waals surface area contributed by atoms with Gasteiger partial charge in [-0.2, -0.15) is 0 Å². The lowest BCUT2D eigenvalue weighted by atomic mass is 10.3. The molecule has 0 unspecified atom stereocenters. The summed E-state index contributed by atoms with van der Waals surface area (Å²) in [5, 5.41) is 15.8. The van der Waals surface area contributed by atoms with E-state index in [1.54, 1.807) is 6.08 Å². The van der Waals surface area contributed by atoms with Crippen molar-refractivity contribution in [3.63, 3.8) is 0 Å². The molecule has 1 rings (SSSR count). The molecule has 1 N–H and O–H groups in total. The smallest absolute Gasteiger partial charge is 0.325 e. The number of amides is 1. The van der Waals surface area contributed by atoms with Crippen LogP contribution in [-0.2, 0) is 11.3 Å². The Kier molecular flexibility index (Phi) is 4.38. The van der Waals surface area contributed by atoms with Crippen LogP contribution in [0.1, 0.15) is 17.4 Å². The summed E-state index contributed by atoms with van der Waals surface area (Å²) in [4.78, 5) is 23.9. The molecule has 0 saturated carbocycles. The average molecular weight is 238 g/mol. The predicted octanol–water partition coefficient (Wildman–Crippen LogP) is 0.0108. The summed E-state index contributed by atoms with van der Waals surface area (Å²) in [6.07, 6.45) is 2.94. The molecular weight excluding hydrogens is 224 g/mol. The Hall–Kier alpha value is -2.18. The maximum atomic E-state index is 11.9. The molecule has 0 fully saturated rings. The van der Waals surface area contributed by atoms with Crippen molar-refractivity contribution in [1.82, 2.24) is 19.9 Å². The van der Waals surface area contributed by atoms with Gasteiger partial charge >= 0.3 is 5.97 Å². The van der Waals surface area contributed by atoms with E-state index in [0.717, 1.165) is 4.68 Å². The highest BCUT2D eigenvalue weighted by molar-refractivity contribution is 5.92. The molecular formula is C10H14N4O3. The highest BCUT2D eigenvalue weighted by atomic mass is 16.4. The molecule has 0 saturated heterocycles. The topological polar surface area (TPSA) is 88.3 Å². The second-order valence-corrected chi connectivity index (χ2v) is 3.33. The molecule has 17 heavy (non-hydrogen) atoms. The largest absolute Gasteiger partial charge is 0.480 e. The molecule has 0 aliphatic heterocycles. The van der Waals surface area contributed by atoms with E-state index < -0.39 is 5.97 Å². The fourth-order valence-corrected chi connectivity index (χ4v) is 1.29. The lowest BCUT2D eigenvalue weighted by Gasteiger charge is -2.16. The van der Waals surface area contributed by atoms with Crippen LogP contribution in [0.4, 0.5) is 0 Å². The molecule has 0 radical (unpaired) electrons. The molecule has 1 aromatic heterocycles. The minimum absolute atomic E-state index is 0.134. The van der Waals surface area contributed by atoms with E-state index in [0.29, 0.717) is 13.1 Å². The first kappa shape index (κ1) is 12.9. The third-order valence-electron chi connectivity index (χ3n) is 2.07. The number of nitrogens with zero attached hydrogens (tertiary/aromatic N) is 4. The molecule has 1 heterocycles. The van der Waals surface area contributed by atoms with Crippen molar-refractivity contribution in [2.24, 2.45) is 0 Å². The van der Waals surface area contributed by atoms with Crippen LogP contribution in [0.25, 0.3) is 0 Å². The van der Waals surface area contributed by atoms with Crippen molar-refractivity contribution >= 4 is 11.9 Å². The minimum Gasteiger partial charge on any atom is -0.480 e. The van der Waals surface area contributed by atoms with E-state index in [1.807, 2.05) is 6.92 Å². The zero-order valence-electron chi connectivity index (χ0n) is 9.54. The first-order chi connectivity index (χ1) is 8.08. The Labute approximate surface area is 98.3 Å². The lowest BCUT2D eigenvalue weighted by Crippen LogP contribution is -2.31. The quantitative estimate of drug-likeness (QED) is 0.705. The zero-order chi connectivity index (χ0) is 12.8. The highest BCUT2D eigenvalue weighted by Gasteiger charge is 2.17. The number of hydrogen-bond acceptors (Lipinski definition) is 4. The van der Waals surface area contributed by atoms with Gasteiger partial charge in [0.2, 0.25) is 0 Å². The van der Waals surface area contributed by atoms with Gasteiger partial charge < -0.3 is 10.0 Å². The van der Waals surface area contributed by atoms with Crippen LogP contribution in [-0.4, -0.2) is 50.0 Å². The van der Waals surface area contributed by atoms with Crippen molar-refractivity contribution in [2.75, 3.05) is 13.1 Å². The Bertz CT molecular complexity index is 427. The molecule has 7 heteroatoms. The number of hydrogen-bond donors (Lipinski definition) is 1. The maximum absolute atomic E-state index is 11.9. The van der Waals surface area contributed by atoms with Crippen LogP contribution < -0.4 is 0 Å². The Morgan fingerprint density at radius 3 is 2.88 bits per heavy atom. The van der Waals surface area contributed by atoms with E-state index in [1.165, 1.54) is 11.1 Å². The van der Waals surface area contributed by atoms with Gasteiger partial charge in [-0.3, -0.25) is 9.59 Å². The van der Waals surface area contributed by atoms with Gasteiger partial charge in [-0.05, 0) is 6.92 Å². The van der Waals surface area contributed by atoms with Gasteiger partial charge in [0, 0.05) is 13.1 Å². The summed E-state index contributed by atoms with van der Waals surface area (Å²) >= 11 is 0. The molecule has 0 aliphatic carbocycles. The predicted molar refractivity (Wildman–Crippen MR) is 59.4 cm³/mol. The summed E-state index contributed by atoms with van der Waals surface area (Å²) in [5.74, 6) is -1.32. The average Bonchev–Trinajstić information content (AvgIpc) is 2.72. The number of carbonyl (C=O) groups excluding carboxylic acids is 1. The van der Waals surface area contributed by atoms with E-state index in [-0.39, 0.29) is 18.1 Å². The van der Waals surface area contributed by atoms with Gasteiger partial charge in [0.25, 0.3) is 5.91 Å². The Morgan fingerprint density at radius 2 is 2.35 bits per heavy atom. The van der Waals surface area contributed by atoms with Crippen molar-refractivity contribution in [3.05, 3.63) is 24.5 Å². The number of likely N-dealkylation sites (N-methyl/N-ethyl adjacent to an activating group) is 1. The van der Waals surface area contributed by atoms with E-state index in [4.69, 9.17) is 5.11 Å². The van der Waals surface area contributed by atoms with Crippen LogP contribution in [0.2, 0.25) is 0 Å². The van der Waals surface area contributed by atoms with Crippen LogP contribution >= 0.6 is 0 Å². The molecule has 0 spiro atoms. The van der Waals surface area contributed by atoms with Gasteiger partial charge in [-0.15, -0.1) is 11.7 Å². The molecule has 1 amide bonds. The third-order valence-corrected chi connectivity index (χ3v) is 2.07. The molecule has 0 aliphatic rings. The lowest BCUT2D eigenvalue weighted by molar-refractivity contribution is -0.137. The minimum atomic E-state index is -1.03. The SMILES string of the molecule is C=CCN(CC)C(=O)c1cn(CC(=O)O)nn1. The summed E-state index contributed by atoms with van der Waals surface area (Å²) in [6.45, 7) is 6.02. The number of rotatable bonds is 6. The van der Waals surface area contributed by atoms with Crippen LogP contribution in [0, 0.1) is 0 Å². The standard InChI is InChI=1S/C10H14N4O3/c1-3-5-13(4-2)10(17)8-6-14(12-11-8)7-9(15)16/h3,6H,1,4-5,7H2,2H3,(H,15,16). The number of aromatic nitrogens is 3. The highest BCUT2D eigenvalue weighted by Crippen LogP contribution is 2.01. The normalized spacial score (nSPS) is 9.94. The van der Waals surface area contributed by atoms with Crippen LogP contribution in [0.15, 0.2) is 18.9 Å². The van der Waals surface area contributed by atoms with Crippen molar-refractivity contribution in [2.45, 2.75) is 13.5 Å². The molecule has 92 valence electrons. The molecule has 1 aromatic rings. The zero-order valence-corrected chi connectivity index (χ0v) is 9.54. The van der Waals surface area contributed by atoms with E-state index in [2.05, 4.69) is 16.9 Å². The van der Waals surface area contributed by atoms with Gasteiger partial charge in [-0.1, -0.05) is 11.3 Å². The molecule has 0 atom stereocenters. The summed E-state index contributed by atoms with van der Waals surface area (Å²) in [5.41, 5.74) is 0.134. The number of carboxylic acid groups (broad SMARTS) is 1. The van der Waals surface area contributed by atoms with Gasteiger partial charge in [-0.25, -0.2) is 4.68 Å². The summed E-state index contributed by atoms with van der Waals surface area (Å²) in [7, 11) is 0. The fourth-order valence-electron chi connectivity index (χ4n) is 1.29. The monoisotopic (exact) mass is 238 g/mol. The Balaban J connectivity index is 2.77. The molecule has 7 nitrogen and oxygen atoms in total. The van der Waals surface area contributed by atoms with Gasteiger partial charge in [0.15, 0.2) is 5.69 Å².